The van der Waals surface area contributed by atoms with Crippen LogP contribution >= 0.6 is 0 Å². The predicted octanol–water partition coefficient (Wildman–Crippen LogP) is 1.65. The van der Waals surface area contributed by atoms with E-state index in [1.807, 2.05) is 13.8 Å². The Morgan fingerprint density at radius 1 is 1.62 bits per heavy atom. The van der Waals surface area contributed by atoms with Crippen molar-refractivity contribution < 1.29 is 4.21 Å². The fourth-order valence-corrected chi connectivity index (χ4v) is 1.59. The molecule has 0 aromatic carbocycles. The summed E-state index contributed by atoms with van der Waals surface area (Å²) in [6.07, 6.45) is 3.34. The molecule has 0 saturated carbocycles. The Hall–Kier alpha value is -0.840. The summed E-state index contributed by atoms with van der Waals surface area (Å²) in [7, 11) is -2.06. The highest BCUT2D eigenvalue weighted by Crippen LogP contribution is 2.13. The SMILES string of the molecule is CCn1nccc1N=S(C)(=O)CC. The zero-order valence-corrected chi connectivity index (χ0v) is 9.04. The van der Waals surface area contributed by atoms with Gasteiger partial charge in [-0.3, -0.25) is 0 Å². The summed E-state index contributed by atoms with van der Waals surface area (Å²) in [5, 5.41) is 4.05. The van der Waals surface area contributed by atoms with E-state index in [2.05, 4.69) is 9.46 Å². The first-order valence-corrected chi connectivity index (χ1v) is 6.40. The summed E-state index contributed by atoms with van der Waals surface area (Å²) < 4.78 is 17.6. The van der Waals surface area contributed by atoms with E-state index in [1.165, 1.54) is 0 Å². The van der Waals surface area contributed by atoms with E-state index < -0.39 is 9.73 Å². The topological polar surface area (TPSA) is 47.2 Å². The van der Waals surface area contributed by atoms with Gasteiger partial charge in [-0.15, -0.1) is 0 Å². The summed E-state index contributed by atoms with van der Waals surface area (Å²) >= 11 is 0. The van der Waals surface area contributed by atoms with Gasteiger partial charge in [0.05, 0.1) is 15.9 Å². The number of aromatic nitrogens is 2. The Morgan fingerprint density at radius 2 is 2.31 bits per heavy atom. The van der Waals surface area contributed by atoms with E-state index in [4.69, 9.17) is 0 Å². The second-order valence-electron chi connectivity index (χ2n) is 2.84. The smallest absolute Gasteiger partial charge is 0.160 e. The lowest BCUT2D eigenvalue weighted by Gasteiger charge is -2.01. The number of nitrogens with zero attached hydrogens (tertiary/aromatic N) is 3. The van der Waals surface area contributed by atoms with Gasteiger partial charge in [0, 0.05) is 24.6 Å². The molecule has 1 atom stereocenters. The second kappa shape index (κ2) is 3.91. The maximum atomic E-state index is 11.7. The van der Waals surface area contributed by atoms with Gasteiger partial charge in [0.25, 0.3) is 0 Å². The largest absolute Gasteiger partial charge is 0.250 e. The molecule has 0 saturated heterocycles. The minimum atomic E-state index is -2.06. The van der Waals surface area contributed by atoms with E-state index in [9.17, 15) is 4.21 Å². The lowest BCUT2D eigenvalue weighted by molar-refractivity contribution is 0.660. The molecule has 0 spiro atoms. The quantitative estimate of drug-likeness (QED) is 0.746. The molecule has 0 aliphatic heterocycles. The molecule has 0 aliphatic carbocycles. The highest BCUT2D eigenvalue weighted by atomic mass is 32.2. The molecule has 0 aliphatic rings. The van der Waals surface area contributed by atoms with Gasteiger partial charge < -0.3 is 0 Å². The van der Waals surface area contributed by atoms with Gasteiger partial charge in [0.1, 0.15) is 0 Å². The van der Waals surface area contributed by atoms with Crippen molar-refractivity contribution in [3.8, 4) is 0 Å². The number of hydrogen-bond donors (Lipinski definition) is 0. The zero-order valence-electron chi connectivity index (χ0n) is 8.23. The van der Waals surface area contributed by atoms with Crippen molar-refractivity contribution in [2.24, 2.45) is 4.36 Å². The second-order valence-corrected chi connectivity index (χ2v) is 5.52. The molecule has 1 aromatic rings. The number of hydrogen-bond acceptors (Lipinski definition) is 3. The van der Waals surface area contributed by atoms with Crippen LogP contribution in [-0.4, -0.2) is 26.0 Å². The molecule has 5 heteroatoms. The van der Waals surface area contributed by atoms with Gasteiger partial charge in [-0.05, 0) is 6.92 Å². The molecule has 0 radical (unpaired) electrons. The van der Waals surface area contributed by atoms with Gasteiger partial charge in [0.15, 0.2) is 5.82 Å². The van der Waals surface area contributed by atoms with E-state index in [0.29, 0.717) is 11.6 Å². The molecule has 0 bridgehead atoms. The predicted molar refractivity (Wildman–Crippen MR) is 54.6 cm³/mol. The highest BCUT2D eigenvalue weighted by Gasteiger charge is 2.02. The normalized spacial score (nSPS) is 15.3. The summed E-state index contributed by atoms with van der Waals surface area (Å²) in [5.74, 6) is 1.28. The van der Waals surface area contributed by atoms with Gasteiger partial charge >= 0.3 is 0 Å². The van der Waals surface area contributed by atoms with Crippen LogP contribution < -0.4 is 0 Å². The fourth-order valence-electron chi connectivity index (χ4n) is 0.909. The molecule has 1 unspecified atom stereocenters. The molecule has 74 valence electrons. The molecule has 13 heavy (non-hydrogen) atoms. The molecule has 4 nitrogen and oxygen atoms in total. The van der Waals surface area contributed by atoms with Crippen LogP contribution in [0.5, 0.6) is 0 Å². The highest BCUT2D eigenvalue weighted by molar-refractivity contribution is 7.93. The van der Waals surface area contributed by atoms with E-state index in [0.717, 1.165) is 6.54 Å². The zero-order chi connectivity index (χ0) is 9.90. The Bertz CT molecular complexity index is 388. The molecule has 1 heterocycles. The molecule has 1 aromatic heterocycles. The summed E-state index contributed by atoms with van der Waals surface area (Å²) in [5.41, 5.74) is 0. The van der Waals surface area contributed by atoms with Gasteiger partial charge in [-0.25, -0.2) is 8.89 Å². The maximum absolute atomic E-state index is 11.7. The van der Waals surface area contributed by atoms with Crippen LogP contribution in [0.3, 0.4) is 0 Å². The van der Waals surface area contributed by atoms with Crippen molar-refractivity contribution in [1.29, 1.82) is 0 Å². The molecule has 0 N–H and O–H groups in total. The molecule has 1 rings (SSSR count). The van der Waals surface area contributed by atoms with E-state index in [-0.39, 0.29) is 0 Å². The lowest BCUT2D eigenvalue weighted by atomic mass is 10.6. The lowest BCUT2D eigenvalue weighted by Crippen LogP contribution is -2.01. The summed E-state index contributed by atoms with van der Waals surface area (Å²) in [4.78, 5) is 0. The fraction of sp³-hybridized carbons (Fsp3) is 0.625. The van der Waals surface area contributed by atoms with Gasteiger partial charge in [-0.2, -0.15) is 9.46 Å². The third kappa shape index (κ3) is 2.55. The first-order chi connectivity index (χ1) is 6.09. The van der Waals surface area contributed by atoms with Crippen molar-refractivity contribution in [3.63, 3.8) is 0 Å². The standard InChI is InChI=1S/C8H15N3OS/c1-4-11-8(6-7-9-11)10-13(3,12)5-2/h6-7H,4-5H2,1-3H3. The van der Waals surface area contributed by atoms with Gasteiger partial charge in [-0.1, -0.05) is 6.92 Å². The molecular formula is C8H15N3OS. The van der Waals surface area contributed by atoms with Crippen molar-refractivity contribution >= 4 is 15.5 Å². The van der Waals surface area contributed by atoms with Crippen LogP contribution in [0.25, 0.3) is 0 Å². The minimum absolute atomic E-state index is 0.571. The van der Waals surface area contributed by atoms with Crippen LogP contribution in [0.2, 0.25) is 0 Å². The third-order valence-corrected chi connectivity index (χ3v) is 3.46. The van der Waals surface area contributed by atoms with Gasteiger partial charge in [0.2, 0.25) is 0 Å². The monoisotopic (exact) mass is 201 g/mol. The molecular weight excluding hydrogens is 186 g/mol. The first kappa shape index (κ1) is 10.2. The van der Waals surface area contributed by atoms with Crippen LogP contribution in [0, 0.1) is 0 Å². The number of aryl methyl sites for hydroxylation is 1. The third-order valence-electron chi connectivity index (χ3n) is 1.82. The Labute approximate surface area is 79.1 Å². The van der Waals surface area contributed by atoms with E-state index >= 15 is 0 Å². The average Bonchev–Trinajstić information content (AvgIpc) is 2.51. The first-order valence-electron chi connectivity index (χ1n) is 4.30. The average molecular weight is 201 g/mol. The van der Waals surface area contributed by atoms with Crippen LogP contribution in [0.15, 0.2) is 16.6 Å². The Balaban J connectivity index is 3.10. The van der Waals surface area contributed by atoms with Crippen LogP contribution in [0.1, 0.15) is 13.8 Å². The van der Waals surface area contributed by atoms with Crippen molar-refractivity contribution in [3.05, 3.63) is 12.3 Å². The van der Waals surface area contributed by atoms with Crippen molar-refractivity contribution in [1.82, 2.24) is 9.78 Å². The maximum Gasteiger partial charge on any atom is 0.160 e. The van der Waals surface area contributed by atoms with Crippen LogP contribution in [0.4, 0.5) is 5.82 Å². The Morgan fingerprint density at radius 3 is 2.85 bits per heavy atom. The van der Waals surface area contributed by atoms with E-state index in [1.54, 1.807) is 23.2 Å². The summed E-state index contributed by atoms with van der Waals surface area (Å²) in [6.45, 7) is 4.61. The Kier molecular flexibility index (Phi) is 3.08. The van der Waals surface area contributed by atoms with Crippen molar-refractivity contribution in [2.45, 2.75) is 20.4 Å². The van der Waals surface area contributed by atoms with Crippen LogP contribution in [-0.2, 0) is 16.3 Å². The molecule has 0 amide bonds. The van der Waals surface area contributed by atoms with Crippen molar-refractivity contribution in [2.75, 3.05) is 12.0 Å². The molecule has 0 fully saturated rings. The minimum Gasteiger partial charge on any atom is -0.250 e. The number of rotatable bonds is 3. The summed E-state index contributed by atoms with van der Waals surface area (Å²) in [6, 6.07) is 1.78.